The molecule has 0 amide bonds. The maximum absolute atomic E-state index is 4.35. The third kappa shape index (κ3) is 2.55. The molecule has 1 aromatic rings. The van der Waals surface area contributed by atoms with Crippen LogP contribution in [0.15, 0.2) is 11.4 Å². The van der Waals surface area contributed by atoms with Gasteiger partial charge in [0.25, 0.3) is 0 Å². The Bertz CT molecular complexity index is 262. The summed E-state index contributed by atoms with van der Waals surface area (Å²) in [5.41, 5.74) is 0. The van der Waals surface area contributed by atoms with Crippen molar-refractivity contribution >= 4 is 17.6 Å². The highest BCUT2D eigenvalue weighted by Crippen LogP contribution is 2.12. The molecule has 0 saturated heterocycles. The second kappa shape index (κ2) is 5.01. The third-order valence-corrected chi connectivity index (χ3v) is 2.33. The lowest BCUT2D eigenvalue weighted by atomic mass is 10.5. The summed E-state index contributed by atoms with van der Waals surface area (Å²) in [6.07, 6.45) is 3.65. The van der Waals surface area contributed by atoms with Crippen LogP contribution in [0.2, 0.25) is 0 Å². The van der Waals surface area contributed by atoms with Crippen LogP contribution in [-0.4, -0.2) is 34.5 Å². The second-order valence-electron chi connectivity index (χ2n) is 2.47. The molecule has 5 heteroatoms. The first kappa shape index (κ1) is 10.2. The number of aromatic nitrogens is 3. The van der Waals surface area contributed by atoms with Crippen LogP contribution in [0.4, 0.5) is 5.82 Å². The van der Waals surface area contributed by atoms with E-state index in [1.54, 1.807) is 6.20 Å². The van der Waals surface area contributed by atoms with E-state index in [1.807, 2.05) is 6.26 Å². The number of hydrogen-bond donors (Lipinski definition) is 0. The minimum absolute atomic E-state index is 0.726. The van der Waals surface area contributed by atoms with E-state index in [4.69, 9.17) is 0 Å². The smallest absolute Gasteiger partial charge is 0.210 e. The average molecular weight is 198 g/mol. The normalized spacial score (nSPS) is 10.1. The lowest BCUT2D eigenvalue weighted by Gasteiger charge is -2.18. The van der Waals surface area contributed by atoms with Gasteiger partial charge in [-0.15, -0.1) is 5.10 Å². The fourth-order valence-electron chi connectivity index (χ4n) is 1.07. The molecular weight excluding hydrogens is 184 g/mol. The molecule has 0 saturated carbocycles. The first-order valence-electron chi connectivity index (χ1n) is 4.30. The first-order valence-corrected chi connectivity index (χ1v) is 5.53. The maximum Gasteiger partial charge on any atom is 0.210 e. The Morgan fingerprint density at radius 1 is 1.38 bits per heavy atom. The molecule has 0 aliphatic carbocycles. The minimum atomic E-state index is 0.726. The van der Waals surface area contributed by atoms with E-state index in [9.17, 15) is 0 Å². The van der Waals surface area contributed by atoms with Crippen molar-refractivity contribution in [2.45, 2.75) is 19.0 Å². The molecule has 0 unspecified atom stereocenters. The molecule has 72 valence electrons. The summed E-state index contributed by atoms with van der Waals surface area (Å²) in [7, 11) is 0. The van der Waals surface area contributed by atoms with Crippen LogP contribution < -0.4 is 4.90 Å². The van der Waals surface area contributed by atoms with Gasteiger partial charge in [0.1, 0.15) is 0 Å². The summed E-state index contributed by atoms with van der Waals surface area (Å²) in [6.45, 7) is 6.10. The van der Waals surface area contributed by atoms with Gasteiger partial charge in [-0.25, -0.2) is 4.98 Å². The van der Waals surface area contributed by atoms with Crippen LogP contribution in [0, 0.1) is 0 Å². The van der Waals surface area contributed by atoms with Gasteiger partial charge in [-0.1, -0.05) is 11.8 Å². The van der Waals surface area contributed by atoms with Crippen LogP contribution in [0.3, 0.4) is 0 Å². The topological polar surface area (TPSA) is 41.9 Å². The molecule has 0 aliphatic heterocycles. The molecule has 0 spiro atoms. The predicted molar refractivity (Wildman–Crippen MR) is 55.2 cm³/mol. The summed E-state index contributed by atoms with van der Waals surface area (Å²) in [5, 5.41) is 8.51. The Kier molecular flexibility index (Phi) is 3.95. The van der Waals surface area contributed by atoms with E-state index in [-0.39, 0.29) is 0 Å². The highest BCUT2D eigenvalue weighted by molar-refractivity contribution is 7.98. The lowest BCUT2D eigenvalue weighted by Crippen LogP contribution is -2.23. The van der Waals surface area contributed by atoms with E-state index in [0.29, 0.717) is 0 Å². The summed E-state index contributed by atoms with van der Waals surface area (Å²) >= 11 is 1.51. The molecule has 4 nitrogen and oxygen atoms in total. The number of anilines is 1. The van der Waals surface area contributed by atoms with E-state index in [1.165, 1.54) is 11.8 Å². The molecule has 1 heterocycles. The number of nitrogens with zero attached hydrogens (tertiary/aromatic N) is 4. The van der Waals surface area contributed by atoms with Crippen LogP contribution in [0.25, 0.3) is 0 Å². The van der Waals surface area contributed by atoms with E-state index < -0.39 is 0 Å². The van der Waals surface area contributed by atoms with Crippen molar-refractivity contribution in [3.05, 3.63) is 6.20 Å². The van der Waals surface area contributed by atoms with Crippen molar-refractivity contribution in [1.29, 1.82) is 0 Å². The molecule has 0 radical (unpaired) electrons. The molecular formula is C8H14N4S. The Labute approximate surface area is 82.8 Å². The lowest BCUT2D eigenvalue weighted by molar-refractivity contribution is 0.777. The van der Waals surface area contributed by atoms with Crippen molar-refractivity contribution < 1.29 is 0 Å². The van der Waals surface area contributed by atoms with Gasteiger partial charge in [0.15, 0.2) is 5.82 Å². The van der Waals surface area contributed by atoms with E-state index in [2.05, 4.69) is 33.9 Å². The van der Waals surface area contributed by atoms with Gasteiger partial charge in [0.2, 0.25) is 5.16 Å². The van der Waals surface area contributed by atoms with Gasteiger partial charge in [0, 0.05) is 13.1 Å². The predicted octanol–water partition coefficient (Wildman–Crippen LogP) is 1.44. The van der Waals surface area contributed by atoms with Crippen molar-refractivity contribution in [2.75, 3.05) is 24.2 Å². The summed E-state index contributed by atoms with van der Waals surface area (Å²) < 4.78 is 0. The summed E-state index contributed by atoms with van der Waals surface area (Å²) in [5.74, 6) is 0.907. The molecule has 0 bridgehead atoms. The Balaban J connectivity index is 2.86. The first-order chi connectivity index (χ1) is 6.31. The standard InChI is InChI=1S/C8H14N4S/c1-4-12(5-2)7-6-9-11-8(10-7)13-3/h6H,4-5H2,1-3H3. The number of hydrogen-bond acceptors (Lipinski definition) is 5. The largest absolute Gasteiger partial charge is 0.356 e. The molecule has 1 aromatic heterocycles. The van der Waals surface area contributed by atoms with Gasteiger partial charge < -0.3 is 4.90 Å². The zero-order chi connectivity index (χ0) is 9.68. The molecule has 0 fully saturated rings. The molecule has 0 N–H and O–H groups in total. The van der Waals surface area contributed by atoms with Crippen molar-refractivity contribution in [3.63, 3.8) is 0 Å². The van der Waals surface area contributed by atoms with Crippen molar-refractivity contribution in [3.8, 4) is 0 Å². The van der Waals surface area contributed by atoms with Crippen LogP contribution in [0.5, 0.6) is 0 Å². The maximum atomic E-state index is 4.35. The SMILES string of the molecule is CCN(CC)c1cnnc(SC)n1. The zero-order valence-corrected chi connectivity index (χ0v) is 9.01. The Hall–Kier alpha value is -0.840. The highest BCUT2D eigenvalue weighted by atomic mass is 32.2. The molecule has 0 atom stereocenters. The second-order valence-corrected chi connectivity index (χ2v) is 3.25. The van der Waals surface area contributed by atoms with E-state index >= 15 is 0 Å². The number of thioether (sulfide) groups is 1. The Morgan fingerprint density at radius 3 is 2.62 bits per heavy atom. The fraction of sp³-hybridized carbons (Fsp3) is 0.625. The molecule has 13 heavy (non-hydrogen) atoms. The zero-order valence-electron chi connectivity index (χ0n) is 8.19. The van der Waals surface area contributed by atoms with Crippen molar-refractivity contribution in [2.24, 2.45) is 0 Å². The molecule has 1 rings (SSSR count). The molecule has 0 aromatic carbocycles. The van der Waals surface area contributed by atoms with Gasteiger partial charge in [-0.2, -0.15) is 5.10 Å². The van der Waals surface area contributed by atoms with Gasteiger partial charge in [0.05, 0.1) is 6.20 Å². The van der Waals surface area contributed by atoms with Crippen LogP contribution in [0.1, 0.15) is 13.8 Å². The average Bonchev–Trinajstić information content (AvgIpc) is 2.20. The summed E-state index contributed by atoms with van der Waals surface area (Å²) in [4.78, 5) is 6.50. The highest BCUT2D eigenvalue weighted by Gasteiger charge is 2.04. The van der Waals surface area contributed by atoms with Crippen LogP contribution >= 0.6 is 11.8 Å². The number of rotatable bonds is 4. The third-order valence-electron chi connectivity index (χ3n) is 1.80. The van der Waals surface area contributed by atoms with Gasteiger partial charge >= 0.3 is 0 Å². The van der Waals surface area contributed by atoms with Gasteiger partial charge in [-0.05, 0) is 20.1 Å². The monoisotopic (exact) mass is 198 g/mol. The van der Waals surface area contributed by atoms with Gasteiger partial charge in [-0.3, -0.25) is 0 Å². The Morgan fingerprint density at radius 2 is 2.08 bits per heavy atom. The van der Waals surface area contributed by atoms with Crippen LogP contribution in [-0.2, 0) is 0 Å². The minimum Gasteiger partial charge on any atom is -0.356 e. The molecule has 0 aliphatic rings. The quantitative estimate of drug-likeness (QED) is 0.685. The van der Waals surface area contributed by atoms with E-state index in [0.717, 1.165) is 24.1 Å². The summed E-state index contributed by atoms with van der Waals surface area (Å²) in [6, 6.07) is 0. The fourth-order valence-corrected chi connectivity index (χ4v) is 1.38. The van der Waals surface area contributed by atoms with Crippen molar-refractivity contribution in [1.82, 2.24) is 15.2 Å².